The fourth-order valence-corrected chi connectivity index (χ4v) is 3.09. The first-order valence-electron chi connectivity index (χ1n) is 6.09. The SMILES string of the molecule is Cc1ccc2nc(NC(=O)c3cccc(S)c3)sc2c1. The lowest BCUT2D eigenvalue weighted by atomic mass is 10.2. The number of nitrogens with one attached hydrogen (secondary N) is 1. The zero-order valence-electron chi connectivity index (χ0n) is 10.8. The topological polar surface area (TPSA) is 42.0 Å². The molecule has 0 aliphatic carbocycles. The highest BCUT2D eigenvalue weighted by Crippen LogP contribution is 2.27. The van der Waals surface area contributed by atoms with Crippen LogP contribution in [0, 0.1) is 6.92 Å². The van der Waals surface area contributed by atoms with E-state index in [1.54, 1.807) is 18.2 Å². The molecule has 0 saturated heterocycles. The van der Waals surface area contributed by atoms with Crippen molar-refractivity contribution in [2.45, 2.75) is 11.8 Å². The Hall–Kier alpha value is -1.85. The van der Waals surface area contributed by atoms with E-state index in [0.29, 0.717) is 10.7 Å². The minimum Gasteiger partial charge on any atom is -0.298 e. The average molecular weight is 300 g/mol. The number of nitrogens with zero attached hydrogens (tertiary/aromatic N) is 1. The summed E-state index contributed by atoms with van der Waals surface area (Å²) in [4.78, 5) is 17.3. The van der Waals surface area contributed by atoms with Gasteiger partial charge in [-0.05, 0) is 42.8 Å². The van der Waals surface area contributed by atoms with Crippen LogP contribution in [-0.2, 0) is 0 Å². The number of thiol groups is 1. The zero-order valence-corrected chi connectivity index (χ0v) is 12.5. The highest BCUT2D eigenvalue weighted by atomic mass is 32.1. The molecule has 0 aliphatic heterocycles. The summed E-state index contributed by atoms with van der Waals surface area (Å²) in [6.45, 7) is 2.04. The lowest BCUT2D eigenvalue weighted by molar-refractivity contribution is 0.102. The van der Waals surface area contributed by atoms with Gasteiger partial charge in [-0.1, -0.05) is 23.5 Å². The van der Waals surface area contributed by atoms with Crippen molar-refractivity contribution in [3.05, 3.63) is 53.6 Å². The number of anilines is 1. The first-order valence-corrected chi connectivity index (χ1v) is 7.36. The number of rotatable bonds is 2. The molecule has 0 aliphatic rings. The van der Waals surface area contributed by atoms with E-state index < -0.39 is 0 Å². The van der Waals surface area contributed by atoms with E-state index in [4.69, 9.17) is 0 Å². The molecule has 1 amide bonds. The minimum atomic E-state index is -0.170. The number of thiazole rings is 1. The van der Waals surface area contributed by atoms with Gasteiger partial charge in [-0.3, -0.25) is 10.1 Å². The van der Waals surface area contributed by atoms with Crippen molar-refractivity contribution < 1.29 is 4.79 Å². The van der Waals surface area contributed by atoms with E-state index in [1.807, 2.05) is 25.1 Å². The lowest BCUT2D eigenvalue weighted by Gasteiger charge is -2.01. The minimum absolute atomic E-state index is 0.170. The number of hydrogen-bond donors (Lipinski definition) is 2. The molecule has 1 aromatic heterocycles. The third-order valence-electron chi connectivity index (χ3n) is 2.87. The van der Waals surface area contributed by atoms with Crippen LogP contribution in [0.3, 0.4) is 0 Å². The van der Waals surface area contributed by atoms with Gasteiger partial charge in [0.1, 0.15) is 0 Å². The van der Waals surface area contributed by atoms with Crippen molar-refractivity contribution in [2.24, 2.45) is 0 Å². The van der Waals surface area contributed by atoms with Crippen LogP contribution in [0.1, 0.15) is 15.9 Å². The summed E-state index contributed by atoms with van der Waals surface area (Å²) >= 11 is 5.71. The Balaban J connectivity index is 1.87. The van der Waals surface area contributed by atoms with E-state index in [-0.39, 0.29) is 5.91 Å². The fourth-order valence-electron chi connectivity index (χ4n) is 1.90. The molecule has 3 nitrogen and oxygen atoms in total. The molecule has 20 heavy (non-hydrogen) atoms. The van der Waals surface area contributed by atoms with Crippen LogP contribution in [0.5, 0.6) is 0 Å². The van der Waals surface area contributed by atoms with Gasteiger partial charge < -0.3 is 0 Å². The molecular weight excluding hydrogens is 288 g/mol. The van der Waals surface area contributed by atoms with Gasteiger partial charge in [0.25, 0.3) is 5.91 Å². The highest BCUT2D eigenvalue weighted by molar-refractivity contribution is 7.80. The fraction of sp³-hybridized carbons (Fsp3) is 0.0667. The summed E-state index contributed by atoms with van der Waals surface area (Å²) < 4.78 is 1.07. The molecule has 0 spiro atoms. The van der Waals surface area contributed by atoms with Crippen LogP contribution in [0.4, 0.5) is 5.13 Å². The molecule has 0 bridgehead atoms. The van der Waals surface area contributed by atoms with Crippen molar-refractivity contribution in [3.8, 4) is 0 Å². The number of benzene rings is 2. The van der Waals surface area contributed by atoms with Gasteiger partial charge in [0.2, 0.25) is 0 Å². The Morgan fingerprint density at radius 2 is 2.10 bits per heavy atom. The Labute approximate surface area is 126 Å². The standard InChI is InChI=1S/C15H12N2OS2/c1-9-5-6-12-13(7-9)20-15(16-12)17-14(18)10-3-2-4-11(19)8-10/h2-8,19H,1H3,(H,16,17,18). The Morgan fingerprint density at radius 3 is 2.90 bits per heavy atom. The molecule has 1 heterocycles. The normalized spacial score (nSPS) is 10.7. The van der Waals surface area contributed by atoms with Crippen molar-refractivity contribution in [2.75, 3.05) is 5.32 Å². The Kier molecular flexibility index (Phi) is 3.46. The molecule has 5 heteroatoms. The van der Waals surface area contributed by atoms with Crippen molar-refractivity contribution in [1.82, 2.24) is 4.98 Å². The molecule has 0 radical (unpaired) electrons. The largest absolute Gasteiger partial charge is 0.298 e. The maximum absolute atomic E-state index is 12.1. The van der Waals surface area contributed by atoms with Crippen LogP contribution < -0.4 is 5.32 Å². The first-order chi connectivity index (χ1) is 9.61. The number of amides is 1. The molecule has 3 rings (SSSR count). The van der Waals surface area contributed by atoms with Crippen LogP contribution in [0.25, 0.3) is 10.2 Å². The number of aryl methyl sites for hydroxylation is 1. The summed E-state index contributed by atoms with van der Waals surface area (Å²) in [5.74, 6) is -0.170. The maximum Gasteiger partial charge on any atom is 0.257 e. The lowest BCUT2D eigenvalue weighted by Crippen LogP contribution is -2.11. The average Bonchev–Trinajstić information content (AvgIpc) is 2.80. The summed E-state index contributed by atoms with van der Waals surface area (Å²) in [6, 6.07) is 13.2. The number of carbonyl (C=O) groups excluding carboxylic acids is 1. The monoisotopic (exact) mass is 300 g/mol. The van der Waals surface area contributed by atoms with Crippen LogP contribution in [0.2, 0.25) is 0 Å². The molecule has 2 aromatic carbocycles. The number of hydrogen-bond acceptors (Lipinski definition) is 4. The van der Waals surface area contributed by atoms with Gasteiger partial charge in [-0.2, -0.15) is 0 Å². The van der Waals surface area contributed by atoms with E-state index in [9.17, 15) is 4.79 Å². The quantitative estimate of drug-likeness (QED) is 0.698. The first kappa shape index (κ1) is 13.1. The van der Waals surface area contributed by atoms with Crippen molar-refractivity contribution in [3.63, 3.8) is 0 Å². The molecule has 0 saturated carbocycles. The van der Waals surface area contributed by atoms with Crippen molar-refractivity contribution in [1.29, 1.82) is 0 Å². The van der Waals surface area contributed by atoms with Gasteiger partial charge >= 0.3 is 0 Å². The predicted molar refractivity (Wildman–Crippen MR) is 86.0 cm³/mol. The van der Waals surface area contributed by atoms with Crippen LogP contribution >= 0.6 is 24.0 Å². The molecule has 3 aromatic rings. The third kappa shape index (κ3) is 2.69. The second-order valence-electron chi connectivity index (χ2n) is 4.49. The number of fused-ring (bicyclic) bond motifs is 1. The molecule has 0 fully saturated rings. The third-order valence-corrected chi connectivity index (χ3v) is 4.08. The van der Waals surface area contributed by atoms with Gasteiger partial charge in [0, 0.05) is 10.5 Å². The second-order valence-corrected chi connectivity index (χ2v) is 6.04. The van der Waals surface area contributed by atoms with E-state index in [0.717, 1.165) is 15.1 Å². The second kappa shape index (κ2) is 5.26. The van der Waals surface area contributed by atoms with E-state index in [2.05, 4.69) is 29.0 Å². The summed E-state index contributed by atoms with van der Waals surface area (Å²) in [5, 5.41) is 3.44. The molecular formula is C15H12N2OS2. The number of aromatic nitrogens is 1. The summed E-state index contributed by atoms with van der Waals surface area (Å²) in [6.07, 6.45) is 0. The van der Waals surface area contributed by atoms with Crippen molar-refractivity contribution >= 4 is 45.2 Å². The van der Waals surface area contributed by atoms with Gasteiger partial charge in [0.15, 0.2) is 5.13 Å². The Morgan fingerprint density at radius 1 is 1.25 bits per heavy atom. The maximum atomic E-state index is 12.1. The molecule has 0 atom stereocenters. The number of carbonyl (C=O) groups is 1. The van der Waals surface area contributed by atoms with Gasteiger partial charge in [0.05, 0.1) is 10.2 Å². The summed E-state index contributed by atoms with van der Waals surface area (Å²) in [7, 11) is 0. The van der Waals surface area contributed by atoms with Gasteiger partial charge in [-0.25, -0.2) is 4.98 Å². The predicted octanol–water partition coefficient (Wildman–Crippen LogP) is 4.15. The van der Waals surface area contributed by atoms with E-state index in [1.165, 1.54) is 16.9 Å². The Bertz CT molecular complexity index is 795. The van der Waals surface area contributed by atoms with Crippen LogP contribution in [-0.4, -0.2) is 10.9 Å². The van der Waals surface area contributed by atoms with E-state index >= 15 is 0 Å². The molecule has 100 valence electrons. The molecule has 0 unspecified atom stereocenters. The summed E-state index contributed by atoms with van der Waals surface area (Å²) in [5.41, 5.74) is 2.66. The van der Waals surface area contributed by atoms with Crippen LogP contribution in [0.15, 0.2) is 47.4 Å². The van der Waals surface area contributed by atoms with Gasteiger partial charge in [-0.15, -0.1) is 12.6 Å². The zero-order chi connectivity index (χ0) is 14.1. The highest BCUT2D eigenvalue weighted by Gasteiger charge is 2.10. The smallest absolute Gasteiger partial charge is 0.257 e. The molecule has 1 N–H and O–H groups in total.